The van der Waals surface area contributed by atoms with Gasteiger partial charge in [-0.1, -0.05) is 148 Å². The Bertz CT molecular complexity index is 2700. The summed E-state index contributed by atoms with van der Waals surface area (Å²) in [7, 11) is 0. The summed E-state index contributed by atoms with van der Waals surface area (Å²) >= 11 is 0. The third-order valence-electron chi connectivity index (χ3n) is 10.0. The molecule has 0 saturated carbocycles. The molecular weight excluding hydrogens is 577 g/mol. The van der Waals surface area contributed by atoms with E-state index in [0.29, 0.717) is 0 Å². The fourth-order valence-corrected chi connectivity index (χ4v) is 7.79. The van der Waals surface area contributed by atoms with Crippen molar-refractivity contribution in [2.24, 2.45) is 0 Å². The Balaban J connectivity index is 1.39. The lowest BCUT2D eigenvalue weighted by Crippen LogP contribution is -2.15. The molecule has 9 aromatic rings. The zero-order chi connectivity index (χ0) is 32.4. The highest BCUT2D eigenvalue weighted by atomic mass is 14.3. The van der Waals surface area contributed by atoms with Gasteiger partial charge in [-0.2, -0.15) is 0 Å². The van der Waals surface area contributed by atoms with Gasteiger partial charge in [0.1, 0.15) is 0 Å². The lowest BCUT2D eigenvalue weighted by molar-refractivity contribution is 0.594. The monoisotopic (exact) mass is 612 g/mol. The molecule has 228 valence electrons. The van der Waals surface area contributed by atoms with Crippen LogP contribution in [0.4, 0.5) is 0 Å². The van der Waals surface area contributed by atoms with Crippen molar-refractivity contribution in [2.75, 3.05) is 0 Å². The van der Waals surface area contributed by atoms with Gasteiger partial charge in [-0.3, -0.25) is 0 Å². The predicted octanol–water partition coefficient (Wildman–Crippen LogP) is 13.8. The van der Waals surface area contributed by atoms with E-state index in [2.05, 4.69) is 185 Å². The summed E-state index contributed by atoms with van der Waals surface area (Å²) in [5.74, 6) is 0. The van der Waals surface area contributed by atoms with Crippen LogP contribution in [0.25, 0.3) is 87.2 Å². The average molecular weight is 613 g/mol. The zero-order valence-corrected chi connectivity index (χ0v) is 27.6. The fourth-order valence-electron chi connectivity index (χ4n) is 7.79. The van der Waals surface area contributed by atoms with Crippen LogP contribution >= 0.6 is 0 Å². The molecule has 0 heteroatoms. The predicted molar refractivity (Wildman–Crippen MR) is 209 cm³/mol. The minimum Gasteiger partial charge on any atom is -0.0616 e. The molecule has 0 fully saturated rings. The third-order valence-corrected chi connectivity index (χ3v) is 10.0. The second kappa shape index (κ2) is 10.9. The normalized spacial score (nSPS) is 12.1. The van der Waals surface area contributed by atoms with Crippen molar-refractivity contribution in [1.29, 1.82) is 0 Å². The molecule has 0 spiro atoms. The fraction of sp³-hybridized carbons (Fsp3) is 0.0833. The molecule has 0 heterocycles. The molecule has 0 unspecified atom stereocenters. The first-order chi connectivity index (χ1) is 23.4. The minimum absolute atomic E-state index is 0.113. The zero-order valence-electron chi connectivity index (χ0n) is 27.6. The van der Waals surface area contributed by atoms with Crippen LogP contribution in [0.5, 0.6) is 0 Å². The molecule has 0 bridgehead atoms. The van der Waals surface area contributed by atoms with Crippen molar-refractivity contribution in [3.63, 3.8) is 0 Å². The maximum Gasteiger partial charge on any atom is -0.00613 e. The Morgan fingerprint density at radius 1 is 0.312 bits per heavy atom. The van der Waals surface area contributed by atoms with E-state index in [4.69, 9.17) is 0 Å². The Kier molecular flexibility index (Phi) is 6.49. The SMILES string of the molecule is CC(C)(C)c1c(-c2ccc3ccccc3c2)cc2cc3c(-c4ccc5ccccc5c4)cccc3cc2c1-c1ccc2ccccc2c1. The van der Waals surface area contributed by atoms with E-state index >= 15 is 0 Å². The van der Waals surface area contributed by atoms with E-state index in [1.54, 1.807) is 0 Å². The number of fused-ring (bicyclic) bond motifs is 5. The first kappa shape index (κ1) is 28.5. The summed E-state index contributed by atoms with van der Waals surface area (Å²) in [5.41, 5.74) is 8.91. The summed E-state index contributed by atoms with van der Waals surface area (Å²) in [4.78, 5) is 0. The van der Waals surface area contributed by atoms with Crippen LogP contribution in [0.1, 0.15) is 26.3 Å². The summed E-state index contributed by atoms with van der Waals surface area (Å²) in [6, 6.07) is 60.9. The Morgan fingerprint density at radius 2 is 0.771 bits per heavy atom. The van der Waals surface area contributed by atoms with Gasteiger partial charge in [0.25, 0.3) is 0 Å². The second-order valence-electron chi connectivity index (χ2n) is 14.2. The first-order valence-electron chi connectivity index (χ1n) is 16.9. The lowest BCUT2D eigenvalue weighted by Gasteiger charge is -2.29. The van der Waals surface area contributed by atoms with Gasteiger partial charge in [0.2, 0.25) is 0 Å². The molecule has 9 aromatic carbocycles. The van der Waals surface area contributed by atoms with Crippen molar-refractivity contribution in [2.45, 2.75) is 26.2 Å². The number of rotatable bonds is 3. The van der Waals surface area contributed by atoms with Crippen molar-refractivity contribution < 1.29 is 0 Å². The van der Waals surface area contributed by atoms with Gasteiger partial charge in [-0.25, -0.2) is 0 Å². The van der Waals surface area contributed by atoms with E-state index in [1.807, 2.05) is 0 Å². The molecule has 48 heavy (non-hydrogen) atoms. The maximum atomic E-state index is 2.46. The van der Waals surface area contributed by atoms with Gasteiger partial charge in [-0.05, 0) is 135 Å². The number of hydrogen-bond acceptors (Lipinski definition) is 0. The quantitative estimate of drug-likeness (QED) is 0.174. The Labute approximate surface area is 281 Å². The van der Waals surface area contributed by atoms with E-state index in [1.165, 1.54) is 92.8 Å². The number of hydrogen-bond donors (Lipinski definition) is 0. The van der Waals surface area contributed by atoms with Gasteiger partial charge in [0, 0.05) is 0 Å². The van der Waals surface area contributed by atoms with E-state index < -0.39 is 0 Å². The Morgan fingerprint density at radius 3 is 1.33 bits per heavy atom. The highest BCUT2D eigenvalue weighted by Gasteiger charge is 2.26. The molecule has 0 atom stereocenters. The molecule has 0 aromatic heterocycles. The van der Waals surface area contributed by atoms with Crippen molar-refractivity contribution in [1.82, 2.24) is 0 Å². The van der Waals surface area contributed by atoms with Crippen molar-refractivity contribution >= 4 is 53.9 Å². The first-order valence-corrected chi connectivity index (χ1v) is 16.9. The van der Waals surface area contributed by atoms with Crippen LogP contribution in [0, 0.1) is 0 Å². The summed E-state index contributed by atoms with van der Waals surface area (Å²) in [6.07, 6.45) is 0. The molecule has 0 nitrogen and oxygen atoms in total. The maximum absolute atomic E-state index is 2.46. The standard InChI is InChI=1S/C48H36/c1-48(2,3)47-45(39-23-20-32-12-5-8-15-35(32)26-39)30-41-29-43-37(17-10-18-42(43)38-22-19-31-11-4-7-14-34(31)25-38)28-44(41)46(47)40-24-21-33-13-6-9-16-36(33)27-40/h4-30H,1-3H3. The van der Waals surface area contributed by atoms with E-state index in [0.717, 1.165) is 0 Å². The van der Waals surface area contributed by atoms with E-state index in [9.17, 15) is 0 Å². The van der Waals surface area contributed by atoms with Gasteiger partial charge in [0.05, 0.1) is 0 Å². The van der Waals surface area contributed by atoms with Crippen molar-refractivity contribution in [3.05, 3.63) is 169 Å². The summed E-state index contributed by atoms with van der Waals surface area (Å²) in [6.45, 7) is 7.09. The van der Waals surface area contributed by atoms with Crippen LogP contribution in [0.2, 0.25) is 0 Å². The van der Waals surface area contributed by atoms with Gasteiger partial charge >= 0.3 is 0 Å². The van der Waals surface area contributed by atoms with Crippen LogP contribution < -0.4 is 0 Å². The molecule has 0 N–H and O–H groups in total. The largest absolute Gasteiger partial charge is 0.0616 e. The average Bonchev–Trinajstić information content (AvgIpc) is 3.12. The molecule has 0 aliphatic carbocycles. The van der Waals surface area contributed by atoms with Crippen LogP contribution in [0.3, 0.4) is 0 Å². The number of benzene rings is 9. The highest BCUT2D eigenvalue weighted by Crippen LogP contribution is 2.47. The lowest BCUT2D eigenvalue weighted by atomic mass is 9.74. The molecule has 0 aliphatic heterocycles. The Hall–Kier alpha value is -5.72. The molecule has 0 saturated heterocycles. The summed E-state index contributed by atoms with van der Waals surface area (Å²) in [5, 5.41) is 12.7. The molecule has 0 aliphatic rings. The molecular formula is C48H36. The molecule has 0 amide bonds. The van der Waals surface area contributed by atoms with Crippen LogP contribution in [-0.4, -0.2) is 0 Å². The van der Waals surface area contributed by atoms with Gasteiger partial charge < -0.3 is 0 Å². The van der Waals surface area contributed by atoms with Gasteiger partial charge in [0.15, 0.2) is 0 Å². The third kappa shape index (κ3) is 4.76. The second-order valence-corrected chi connectivity index (χ2v) is 14.2. The topological polar surface area (TPSA) is 0 Å². The van der Waals surface area contributed by atoms with E-state index in [-0.39, 0.29) is 5.41 Å². The molecule has 0 radical (unpaired) electrons. The van der Waals surface area contributed by atoms with Crippen LogP contribution in [0.15, 0.2) is 164 Å². The highest BCUT2D eigenvalue weighted by molar-refractivity contribution is 6.12. The van der Waals surface area contributed by atoms with Crippen LogP contribution in [-0.2, 0) is 5.41 Å². The smallest absolute Gasteiger partial charge is 0.00613 e. The van der Waals surface area contributed by atoms with Gasteiger partial charge in [-0.15, -0.1) is 0 Å². The minimum atomic E-state index is -0.113. The summed E-state index contributed by atoms with van der Waals surface area (Å²) < 4.78 is 0. The van der Waals surface area contributed by atoms with Crippen molar-refractivity contribution in [3.8, 4) is 33.4 Å². The molecule has 9 rings (SSSR count).